The first-order chi connectivity index (χ1) is 13.4. The second kappa shape index (κ2) is 11.2. The van der Waals surface area contributed by atoms with Crippen LogP contribution in [0.2, 0.25) is 0 Å². The number of amides is 2. The third-order valence-corrected chi connectivity index (χ3v) is 5.17. The Morgan fingerprint density at radius 3 is 2.30 bits per heavy atom. The van der Waals surface area contributed by atoms with Gasteiger partial charge in [-0.05, 0) is 50.5 Å². The topological polar surface area (TPSA) is 87.5 Å². The van der Waals surface area contributed by atoms with E-state index in [-0.39, 0.29) is 30.7 Å². The maximum Gasteiger partial charge on any atom is 0.246 e. The van der Waals surface area contributed by atoms with Crippen LogP contribution in [0.25, 0.3) is 0 Å². The zero-order valence-corrected chi connectivity index (χ0v) is 18.9. The molecular formula is C22H30Cl2N4O2. The Bertz CT molecular complexity index is 840. The number of hydrogen-bond donors (Lipinski definition) is 3. The molecule has 2 atom stereocenters. The fourth-order valence-corrected chi connectivity index (χ4v) is 3.33. The van der Waals surface area contributed by atoms with Crippen molar-refractivity contribution in [2.24, 2.45) is 5.73 Å². The summed E-state index contributed by atoms with van der Waals surface area (Å²) in [6.45, 7) is 5.37. The lowest BCUT2D eigenvalue weighted by molar-refractivity contribution is -0.129. The minimum Gasteiger partial charge on any atom is -0.371 e. The molecule has 3 rings (SSSR count). The van der Waals surface area contributed by atoms with Gasteiger partial charge in [-0.15, -0.1) is 24.8 Å². The molecule has 0 spiro atoms. The van der Waals surface area contributed by atoms with Gasteiger partial charge in [0, 0.05) is 24.5 Å². The number of hydrogen-bond acceptors (Lipinski definition) is 4. The minimum absolute atomic E-state index is 0. The van der Waals surface area contributed by atoms with Crippen molar-refractivity contribution in [1.29, 1.82) is 0 Å². The normalized spacial score (nSPS) is 15.8. The van der Waals surface area contributed by atoms with Gasteiger partial charge in [0.15, 0.2) is 0 Å². The molecule has 2 amide bonds. The van der Waals surface area contributed by atoms with Gasteiger partial charge in [-0.1, -0.05) is 36.4 Å². The predicted octanol–water partition coefficient (Wildman–Crippen LogP) is 3.45. The van der Waals surface area contributed by atoms with E-state index < -0.39 is 17.5 Å². The van der Waals surface area contributed by atoms with Crippen molar-refractivity contribution < 1.29 is 9.59 Å². The summed E-state index contributed by atoms with van der Waals surface area (Å²) in [6, 6.07) is 16.2. The van der Waals surface area contributed by atoms with E-state index in [1.54, 1.807) is 26.0 Å². The van der Waals surface area contributed by atoms with Gasteiger partial charge in [0.05, 0.1) is 0 Å². The lowest BCUT2D eigenvalue weighted by atomic mass is 9.92. The van der Waals surface area contributed by atoms with Gasteiger partial charge in [-0.3, -0.25) is 9.59 Å². The summed E-state index contributed by atoms with van der Waals surface area (Å²) in [4.78, 5) is 27.5. The van der Waals surface area contributed by atoms with Crippen molar-refractivity contribution in [2.75, 3.05) is 23.3 Å². The van der Waals surface area contributed by atoms with Crippen LogP contribution >= 0.6 is 24.8 Å². The first-order valence-corrected chi connectivity index (χ1v) is 9.69. The van der Waals surface area contributed by atoms with Crippen LogP contribution in [0.4, 0.5) is 11.4 Å². The molecule has 164 valence electrons. The molecule has 6 nitrogen and oxygen atoms in total. The molecule has 1 fully saturated rings. The average Bonchev–Trinajstić information content (AvgIpc) is 3.23. The molecule has 0 saturated carbocycles. The third kappa shape index (κ3) is 6.11. The molecule has 2 aromatic rings. The molecule has 1 saturated heterocycles. The molecular weight excluding hydrogens is 423 g/mol. The van der Waals surface area contributed by atoms with E-state index in [0.717, 1.165) is 18.8 Å². The van der Waals surface area contributed by atoms with Crippen LogP contribution in [0.15, 0.2) is 54.6 Å². The van der Waals surface area contributed by atoms with Gasteiger partial charge in [0.1, 0.15) is 11.6 Å². The Kier molecular flexibility index (Phi) is 9.62. The number of nitrogens with zero attached hydrogens (tertiary/aromatic N) is 1. The number of nitrogens with two attached hydrogens (primary N) is 1. The summed E-state index contributed by atoms with van der Waals surface area (Å²) in [5.41, 5.74) is 7.52. The quantitative estimate of drug-likeness (QED) is 0.626. The first-order valence-electron chi connectivity index (χ1n) is 9.69. The van der Waals surface area contributed by atoms with Crippen molar-refractivity contribution in [3.05, 3.63) is 60.2 Å². The van der Waals surface area contributed by atoms with E-state index in [1.165, 1.54) is 12.8 Å². The van der Waals surface area contributed by atoms with Gasteiger partial charge in [-0.2, -0.15) is 0 Å². The van der Waals surface area contributed by atoms with Gasteiger partial charge in [0.2, 0.25) is 11.8 Å². The SMILES string of the molecule is CC(NC(=O)C(C)(N)c1ccccc1)C(=O)Nc1cccc(N2CCCC2)c1.Cl.Cl. The highest BCUT2D eigenvalue weighted by Crippen LogP contribution is 2.23. The fraction of sp³-hybridized carbons (Fsp3) is 0.364. The van der Waals surface area contributed by atoms with Crippen LogP contribution in [0.3, 0.4) is 0 Å². The Balaban J connectivity index is 0.00000225. The number of benzene rings is 2. The second-order valence-corrected chi connectivity index (χ2v) is 7.50. The summed E-state index contributed by atoms with van der Waals surface area (Å²) < 4.78 is 0. The maximum absolute atomic E-state index is 12.6. The lowest BCUT2D eigenvalue weighted by Gasteiger charge is -2.26. The molecule has 0 radical (unpaired) electrons. The van der Waals surface area contributed by atoms with Crippen molar-refractivity contribution in [3.63, 3.8) is 0 Å². The van der Waals surface area contributed by atoms with E-state index in [1.807, 2.05) is 42.5 Å². The van der Waals surface area contributed by atoms with E-state index in [2.05, 4.69) is 15.5 Å². The van der Waals surface area contributed by atoms with Crippen LogP contribution in [0, 0.1) is 0 Å². The summed E-state index contributed by atoms with van der Waals surface area (Å²) in [7, 11) is 0. The predicted molar refractivity (Wildman–Crippen MR) is 127 cm³/mol. The monoisotopic (exact) mass is 452 g/mol. The van der Waals surface area contributed by atoms with Crippen LogP contribution in [-0.4, -0.2) is 30.9 Å². The highest BCUT2D eigenvalue weighted by Gasteiger charge is 2.32. The number of rotatable bonds is 6. The van der Waals surface area contributed by atoms with E-state index in [0.29, 0.717) is 11.3 Å². The molecule has 4 N–H and O–H groups in total. The maximum atomic E-state index is 12.6. The lowest BCUT2D eigenvalue weighted by Crippen LogP contribution is -2.53. The molecule has 0 aromatic heterocycles. The van der Waals surface area contributed by atoms with Crippen LogP contribution < -0.4 is 21.3 Å². The average molecular weight is 453 g/mol. The summed E-state index contributed by atoms with van der Waals surface area (Å²) in [5.74, 6) is -0.678. The molecule has 0 bridgehead atoms. The largest absolute Gasteiger partial charge is 0.371 e. The molecule has 8 heteroatoms. The van der Waals surface area contributed by atoms with Gasteiger partial charge < -0.3 is 21.3 Å². The smallest absolute Gasteiger partial charge is 0.246 e. The van der Waals surface area contributed by atoms with Crippen molar-refractivity contribution in [2.45, 2.75) is 38.3 Å². The van der Waals surface area contributed by atoms with E-state index in [9.17, 15) is 9.59 Å². The first kappa shape index (κ1) is 25.8. The Morgan fingerprint density at radius 1 is 1.03 bits per heavy atom. The highest BCUT2D eigenvalue weighted by atomic mass is 35.5. The number of anilines is 2. The highest BCUT2D eigenvalue weighted by molar-refractivity contribution is 5.98. The molecule has 0 aliphatic carbocycles. The summed E-state index contributed by atoms with van der Waals surface area (Å²) >= 11 is 0. The van der Waals surface area contributed by atoms with E-state index >= 15 is 0 Å². The van der Waals surface area contributed by atoms with Crippen LogP contribution in [-0.2, 0) is 15.1 Å². The van der Waals surface area contributed by atoms with Gasteiger partial charge in [0.25, 0.3) is 0 Å². The van der Waals surface area contributed by atoms with Crippen LogP contribution in [0.5, 0.6) is 0 Å². The minimum atomic E-state index is -1.22. The van der Waals surface area contributed by atoms with Gasteiger partial charge >= 0.3 is 0 Å². The Hall–Kier alpha value is -2.28. The zero-order valence-electron chi connectivity index (χ0n) is 17.3. The van der Waals surface area contributed by atoms with Crippen molar-refractivity contribution in [3.8, 4) is 0 Å². The fourth-order valence-electron chi connectivity index (χ4n) is 3.33. The molecule has 2 aromatic carbocycles. The van der Waals surface area contributed by atoms with Gasteiger partial charge in [-0.25, -0.2) is 0 Å². The number of carbonyl (C=O) groups is 2. The number of nitrogens with one attached hydrogen (secondary N) is 2. The molecule has 1 aliphatic heterocycles. The zero-order chi connectivity index (χ0) is 20.1. The Morgan fingerprint density at radius 2 is 1.67 bits per heavy atom. The summed E-state index contributed by atoms with van der Waals surface area (Å²) in [5, 5.41) is 5.60. The molecule has 1 aliphatic rings. The number of carbonyl (C=O) groups excluding carboxylic acids is 2. The summed E-state index contributed by atoms with van der Waals surface area (Å²) in [6.07, 6.45) is 2.39. The van der Waals surface area contributed by atoms with Crippen molar-refractivity contribution >= 4 is 48.0 Å². The number of halogens is 2. The third-order valence-electron chi connectivity index (χ3n) is 5.17. The molecule has 2 unspecified atom stereocenters. The van der Waals surface area contributed by atoms with Crippen molar-refractivity contribution in [1.82, 2.24) is 5.32 Å². The standard InChI is InChI=1S/C22H28N4O2.2ClH/c1-16(24-21(28)22(2,23)17-9-4-3-5-10-17)20(27)25-18-11-8-12-19(15-18)26-13-6-7-14-26;;/h3-5,8-12,15-16H,6-7,13-14,23H2,1-2H3,(H,24,28)(H,25,27);2*1H. The molecule has 30 heavy (non-hydrogen) atoms. The molecule has 1 heterocycles. The van der Waals surface area contributed by atoms with Crippen LogP contribution in [0.1, 0.15) is 32.3 Å². The Labute approximate surface area is 190 Å². The van der Waals surface area contributed by atoms with E-state index in [4.69, 9.17) is 5.73 Å². The second-order valence-electron chi connectivity index (χ2n) is 7.50.